The minimum Gasteiger partial charge on any atom is -0.465 e. The summed E-state index contributed by atoms with van der Waals surface area (Å²) in [4.78, 5) is 25.2. The number of esters is 1. The van der Waals surface area contributed by atoms with Crippen LogP contribution in [0.3, 0.4) is 0 Å². The monoisotopic (exact) mass is 514 g/mol. The van der Waals surface area contributed by atoms with Gasteiger partial charge in [0.25, 0.3) is 15.9 Å². The van der Waals surface area contributed by atoms with Crippen LogP contribution in [0.1, 0.15) is 31.8 Å². The standard InChI is InChI=1S/C29H26N2O5S/c1-21-12-18-25(19-13-21)37(34,35)31(20-22-8-4-3-5-9-22)27-11-7-6-10-26(27)28(32)30-24-16-14-23(15-17-24)29(33)36-2/h3-19H,20H2,1-2H3,(H,30,32). The highest BCUT2D eigenvalue weighted by molar-refractivity contribution is 7.92. The Hall–Kier alpha value is -4.43. The lowest BCUT2D eigenvalue weighted by Gasteiger charge is -2.26. The Morgan fingerprint density at radius 1 is 0.811 bits per heavy atom. The normalized spacial score (nSPS) is 11.0. The summed E-state index contributed by atoms with van der Waals surface area (Å²) in [6.45, 7) is 1.92. The summed E-state index contributed by atoms with van der Waals surface area (Å²) in [5.41, 5.74) is 2.93. The van der Waals surface area contributed by atoms with Gasteiger partial charge in [-0.2, -0.15) is 0 Å². The number of nitrogens with one attached hydrogen (secondary N) is 1. The highest BCUT2D eigenvalue weighted by Gasteiger charge is 2.28. The summed E-state index contributed by atoms with van der Waals surface area (Å²) in [7, 11) is -2.72. The van der Waals surface area contributed by atoms with Crippen LogP contribution in [-0.2, 0) is 21.3 Å². The highest BCUT2D eigenvalue weighted by atomic mass is 32.2. The molecular weight excluding hydrogens is 488 g/mol. The summed E-state index contributed by atoms with van der Waals surface area (Å²) >= 11 is 0. The van der Waals surface area contributed by atoms with E-state index in [0.29, 0.717) is 11.3 Å². The molecular formula is C29H26N2O5S. The molecule has 8 heteroatoms. The van der Waals surface area contributed by atoms with E-state index >= 15 is 0 Å². The van der Waals surface area contributed by atoms with Gasteiger partial charge in [0, 0.05) is 5.69 Å². The molecule has 0 heterocycles. The van der Waals surface area contributed by atoms with Gasteiger partial charge in [-0.1, -0.05) is 60.2 Å². The lowest BCUT2D eigenvalue weighted by Crippen LogP contribution is -2.32. The maximum Gasteiger partial charge on any atom is 0.337 e. The van der Waals surface area contributed by atoms with Gasteiger partial charge >= 0.3 is 5.97 Å². The molecule has 0 fully saturated rings. The number of aryl methyl sites for hydroxylation is 1. The van der Waals surface area contributed by atoms with E-state index in [1.807, 2.05) is 37.3 Å². The van der Waals surface area contributed by atoms with Crippen molar-refractivity contribution in [2.75, 3.05) is 16.7 Å². The number of para-hydroxylation sites is 1. The lowest BCUT2D eigenvalue weighted by atomic mass is 10.1. The van der Waals surface area contributed by atoms with Gasteiger partial charge in [0.2, 0.25) is 0 Å². The molecule has 0 radical (unpaired) electrons. The first kappa shape index (κ1) is 25.7. The van der Waals surface area contributed by atoms with E-state index in [0.717, 1.165) is 11.1 Å². The van der Waals surface area contributed by atoms with E-state index in [2.05, 4.69) is 5.32 Å². The third kappa shape index (κ3) is 5.87. The molecule has 7 nitrogen and oxygen atoms in total. The first-order valence-corrected chi connectivity index (χ1v) is 13.0. The Morgan fingerprint density at radius 3 is 2.08 bits per heavy atom. The molecule has 1 N–H and O–H groups in total. The molecule has 0 aromatic heterocycles. The number of anilines is 2. The first-order chi connectivity index (χ1) is 17.8. The SMILES string of the molecule is COC(=O)c1ccc(NC(=O)c2ccccc2N(Cc2ccccc2)S(=O)(=O)c2ccc(C)cc2)cc1. The van der Waals surface area contributed by atoms with Crippen molar-refractivity contribution >= 4 is 33.3 Å². The van der Waals surface area contributed by atoms with Crippen molar-refractivity contribution in [3.63, 3.8) is 0 Å². The second kappa shape index (κ2) is 11.1. The number of ether oxygens (including phenoxy) is 1. The van der Waals surface area contributed by atoms with Crippen LogP contribution in [-0.4, -0.2) is 27.4 Å². The van der Waals surface area contributed by atoms with Crippen molar-refractivity contribution in [3.8, 4) is 0 Å². The number of sulfonamides is 1. The molecule has 0 aliphatic rings. The average Bonchev–Trinajstić information content (AvgIpc) is 2.92. The molecule has 37 heavy (non-hydrogen) atoms. The topological polar surface area (TPSA) is 92.8 Å². The number of methoxy groups -OCH3 is 1. The van der Waals surface area contributed by atoms with Gasteiger partial charge in [0.15, 0.2) is 0 Å². The van der Waals surface area contributed by atoms with Crippen LogP contribution < -0.4 is 9.62 Å². The van der Waals surface area contributed by atoms with Gasteiger partial charge in [-0.05, 0) is 61.0 Å². The summed E-state index contributed by atoms with van der Waals surface area (Å²) in [6.07, 6.45) is 0. The van der Waals surface area contributed by atoms with Crippen LogP contribution in [0.15, 0.2) is 108 Å². The Bertz CT molecular complexity index is 1500. The second-order valence-electron chi connectivity index (χ2n) is 8.35. The van der Waals surface area contributed by atoms with Crippen molar-refractivity contribution in [3.05, 3.63) is 125 Å². The van der Waals surface area contributed by atoms with Gasteiger partial charge in [-0.15, -0.1) is 0 Å². The van der Waals surface area contributed by atoms with Gasteiger partial charge in [-0.25, -0.2) is 13.2 Å². The number of carbonyl (C=O) groups excluding carboxylic acids is 2. The average molecular weight is 515 g/mol. The fourth-order valence-corrected chi connectivity index (χ4v) is 5.25. The van der Waals surface area contributed by atoms with Crippen molar-refractivity contribution in [1.82, 2.24) is 0 Å². The quantitative estimate of drug-likeness (QED) is 0.317. The molecule has 0 spiro atoms. The molecule has 0 aliphatic heterocycles. The van der Waals surface area contributed by atoms with E-state index in [1.54, 1.807) is 60.7 Å². The smallest absolute Gasteiger partial charge is 0.337 e. The second-order valence-corrected chi connectivity index (χ2v) is 10.2. The van der Waals surface area contributed by atoms with Gasteiger partial charge in [-0.3, -0.25) is 9.10 Å². The maximum atomic E-state index is 13.9. The highest BCUT2D eigenvalue weighted by Crippen LogP contribution is 2.30. The molecule has 0 saturated heterocycles. The Labute approximate surface area is 216 Å². The van der Waals surface area contributed by atoms with Crippen LogP contribution in [0.2, 0.25) is 0 Å². The minimum absolute atomic E-state index is 0.0369. The van der Waals surface area contributed by atoms with E-state index in [9.17, 15) is 18.0 Å². The van der Waals surface area contributed by atoms with Crippen molar-refractivity contribution in [2.45, 2.75) is 18.4 Å². The van der Waals surface area contributed by atoms with Crippen LogP contribution in [0, 0.1) is 6.92 Å². The van der Waals surface area contributed by atoms with E-state index in [4.69, 9.17) is 4.74 Å². The van der Waals surface area contributed by atoms with Gasteiger partial charge in [0.05, 0.1) is 35.4 Å². The van der Waals surface area contributed by atoms with E-state index < -0.39 is 21.9 Å². The van der Waals surface area contributed by atoms with Crippen LogP contribution in [0.4, 0.5) is 11.4 Å². The Kier molecular flexibility index (Phi) is 7.69. The van der Waals surface area contributed by atoms with Crippen LogP contribution in [0.25, 0.3) is 0 Å². The molecule has 4 rings (SSSR count). The summed E-state index contributed by atoms with van der Waals surface area (Å²) in [5, 5.41) is 2.79. The number of rotatable bonds is 8. The third-order valence-corrected chi connectivity index (χ3v) is 7.53. The van der Waals surface area contributed by atoms with Gasteiger partial charge < -0.3 is 10.1 Å². The zero-order valence-electron chi connectivity index (χ0n) is 20.4. The van der Waals surface area contributed by atoms with Crippen molar-refractivity contribution < 1.29 is 22.7 Å². The lowest BCUT2D eigenvalue weighted by molar-refractivity contribution is 0.0600. The third-order valence-electron chi connectivity index (χ3n) is 5.76. The summed E-state index contributed by atoms with van der Waals surface area (Å²) in [6, 6.07) is 28.6. The summed E-state index contributed by atoms with van der Waals surface area (Å²) < 4.78 is 33.7. The summed E-state index contributed by atoms with van der Waals surface area (Å²) in [5.74, 6) is -0.973. The molecule has 0 saturated carbocycles. The van der Waals surface area contributed by atoms with E-state index in [1.165, 1.54) is 23.5 Å². The Balaban J connectivity index is 1.73. The molecule has 0 aliphatic carbocycles. The van der Waals surface area contributed by atoms with Crippen LogP contribution in [0.5, 0.6) is 0 Å². The molecule has 188 valence electrons. The molecule has 0 bridgehead atoms. The van der Waals surface area contributed by atoms with Crippen molar-refractivity contribution in [2.24, 2.45) is 0 Å². The minimum atomic E-state index is -4.01. The Morgan fingerprint density at radius 2 is 1.43 bits per heavy atom. The number of benzene rings is 4. The van der Waals surface area contributed by atoms with E-state index in [-0.39, 0.29) is 22.7 Å². The molecule has 0 unspecified atom stereocenters. The number of hydrogen-bond donors (Lipinski definition) is 1. The van der Waals surface area contributed by atoms with Gasteiger partial charge in [0.1, 0.15) is 0 Å². The number of nitrogens with zero attached hydrogens (tertiary/aromatic N) is 1. The fraction of sp³-hybridized carbons (Fsp3) is 0.103. The fourth-order valence-electron chi connectivity index (χ4n) is 3.78. The largest absolute Gasteiger partial charge is 0.465 e. The zero-order valence-corrected chi connectivity index (χ0v) is 21.2. The van der Waals surface area contributed by atoms with Crippen molar-refractivity contribution in [1.29, 1.82) is 0 Å². The molecule has 1 amide bonds. The predicted molar refractivity (Wildman–Crippen MR) is 143 cm³/mol. The number of hydrogen-bond acceptors (Lipinski definition) is 5. The molecule has 4 aromatic rings. The number of amides is 1. The maximum absolute atomic E-state index is 13.9. The first-order valence-electron chi connectivity index (χ1n) is 11.5. The molecule has 4 aromatic carbocycles. The predicted octanol–water partition coefficient (Wildman–Crippen LogP) is 5.43. The molecule has 0 atom stereocenters. The zero-order chi connectivity index (χ0) is 26.4. The number of carbonyl (C=O) groups is 2. The van der Waals surface area contributed by atoms with Crippen LogP contribution >= 0.6 is 0 Å².